The van der Waals surface area contributed by atoms with Crippen LogP contribution in [0.15, 0.2) is 24.3 Å². The molecule has 0 saturated carbocycles. The first-order valence-electron chi connectivity index (χ1n) is 6.58. The Bertz CT molecular complexity index is 426. The molecular weight excluding hydrogens is 243 g/mol. The number of amides is 1. The fraction of sp³-hybridized carbons (Fsp3) is 0.533. The highest BCUT2D eigenvalue weighted by Gasteiger charge is 2.18. The predicted molar refractivity (Wildman–Crippen MR) is 75.5 cm³/mol. The van der Waals surface area contributed by atoms with Crippen molar-refractivity contribution < 1.29 is 9.18 Å². The Balaban J connectivity index is 2.34. The van der Waals surface area contributed by atoms with E-state index in [1.54, 1.807) is 6.07 Å². The third-order valence-electron chi connectivity index (χ3n) is 2.64. The van der Waals surface area contributed by atoms with Gasteiger partial charge in [0, 0.05) is 5.54 Å². The van der Waals surface area contributed by atoms with Gasteiger partial charge in [-0.25, -0.2) is 4.39 Å². The summed E-state index contributed by atoms with van der Waals surface area (Å²) in [4.78, 5) is 11.8. The van der Waals surface area contributed by atoms with E-state index in [1.807, 2.05) is 33.8 Å². The molecule has 1 amide bonds. The Morgan fingerprint density at radius 3 is 2.63 bits per heavy atom. The zero-order valence-electron chi connectivity index (χ0n) is 12.1. The Morgan fingerprint density at radius 2 is 2.05 bits per heavy atom. The maximum absolute atomic E-state index is 13.0. The molecule has 4 heteroatoms. The second kappa shape index (κ2) is 6.66. The highest BCUT2D eigenvalue weighted by molar-refractivity contribution is 5.81. The highest BCUT2D eigenvalue weighted by atomic mass is 19.1. The molecule has 0 aromatic heterocycles. The minimum atomic E-state index is -0.257. The van der Waals surface area contributed by atoms with Gasteiger partial charge in [0.1, 0.15) is 5.82 Å². The average Bonchev–Trinajstić information content (AvgIpc) is 2.26. The van der Waals surface area contributed by atoms with Gasteiger partial charge < -0.3 is 10.6 Å². The number of carbonyl (C=O) groups excluding carboxylic acids is 1. The van der Waals surface area contributed by atoms with Gasteiger partial charge in [0.05, 0.1) is 6.04 Å². The van der Waals surface area contributed by atoms with Crippen LogP contribution in [0.1, 0.15) is 33.3 Å². The summed E-state index contributed by atoms with van der Waals surface area (Å²) in [5, 5.41) is 6.05. The fourth-order valence-corrected chi connectivity index (χ4v) is 1.70. The van der Waals surface area contributed by atoms with Crippen molar-refractivity contribution in [1.29, 1.82) is 0 Å². The van der Waals surface area contributed by atoms with Gasteiger partial charge in [-0.3, -0.25) is 4.79 Å². The zero-order chi connectivity index (χ0) is 14.5. The fourth-order valence-electron chi connectivity index (χ4n) is 1.70. The molecule has 19 heavy (non-hydrogen) atoms. The SMILES string of the molecule is CC(NCCc1cccc(F)c1)C(=O)NC(C)(C)C. The predicted octanol–water partition coefficient (Wildman–Crippen LogP) is 2.26. The van der Waals surface area contributed by atoms with Crippen LogP contribution in [-0.4, -0.2) is 24.0 Å². The number of halogens is 1. The van der Waals surface area contributed by atoms with Crippen LogP contribution in [-0.2, 0) is 11.2 Å². The molecule has 1 rings (SSSR count). The lowest BCUT2D eigenvalue weighted by molar-refractivity contribution is -0.124. The maximum atomic E-state index is 13.0. The van der Waals surface area contributed by atoms with Gasteiger partial charge in [-0.2, -0.15) is 0 Å². The largest absolute Gasteiger partial charge is 0.350 e. The maximum Gasteiger partial charge on any atom is 0.237 e. The molecule has 0 heterocycles. The summed E-state index contributed by atoms with van der Waals surface area (Å²) >= 11 is 0. The van der Waals surface area contributed by atoms with Crippen LogP contribution in [0, 0.1) is 5.82 Å². The van der Waals surface area contributed by atoms with E-state index in [9.17, 15) is 9.18 Å². The van der Waals surface area contributed by atoms with Crippen molar-refractivity contribution in [2.24, 2.45) is 0 Å². The van der Waals surface area contributed by atoms with Gasteiger partial charge in [-0.15, -0.1) is 0 Å². The molecule has 0 aliphatic carbocycles. The third-order valence-corrected chi connectivity index (χ3v) is 2.64. The summed E-state index contributed by atoms with van der Waals surface area (Å²) in [6, 6.07) is 6.26. The Labute approximate surface area is 114 Å². The minimum Gasteiger partial charge on any atom is -0.350 e. The van der Waals surface area contributed by atoms with Crippen molar-refractivity contribution in [1.82, 2.24) is 10.6 Å². The topological polar surface area (TPSA) is 41.1 Å². The second-order valence-electron chi connectivity index (χ2n) is 5.79. The Kier molecular flexibility index (Phi) is 5.48. The summed E-state index contributed by atoms with van der Waals surface area (Å²) in [5.74, 6) is -0.247. The number of carbonyl (C=O) groups is 1. The van der Waals surface area contributed by atoms with E-state index in [1.165, 1.54) is 12.1 Å². The van der Waals surface area contributed by atoms with E-state index in [-0.39, 0.29) is 23.3 Å². The minimum absolute atomic E-state index is 0.0215. The molecule has 1 aromatic carbocycles. The molecule has 3 nitrogen and oxygen atoms in total. The van der Waals surface area contributed by atoms with Gasteiger partial charge >= 0.3 is 0 Å². The summed E-state index contributed by atoms with van der Waals surface area (Å²) in [5.41, 5.74) is 0.700. The van der Waals surface area contributed by atoms with Crippen LogP contribution in [0.2, 0.25) is 0 Å². The van der Waals surface area contributed by atoms with Crippen molar-refractivity contribution in [2.75, 3.05) is 6.54 Å². The second-order valence-corrected chi connectivity index (χ2v) is 5.79. The van der Waals surface area contributed by atoms with Crippen molar-refractivity contribution >= 4 is 5.91 Å². The zero-order valence-corrected chi connectivity index (χ0v) is 12.1. The van der Waals surface area contributed by atoms with Crippen LogP contribution < -0.4 is 10.6 Å². The van der Waals surface area contributed by atoms with E-state index in [0.717, 1.165) is 5.56 Å². The van der Waals surface area contributed by atoms with Gasteiger partial charge in [0.25, 0.3) is 0 Å². The van der Waals surface area contributed by atoms with Crippen molar-refractivity contribution in [3.05, 3.63) is 35.6 Å². The van der Waals surface area contributed by atoms with E-state index >= 15 is 0 Å². The van der Waals surface area contributed by atoms with E-state index < -0.39 is 0 Å². The normalized spacial score (nSPS) is 13.1. The van der Waals surface area contributed by atoms with Gasteiger partial charge in [0.15, 0.2) is 0 Å². The van der Waals surface area contributed by atoms with Crippen LogP contribution in [0.3, 0.4) is 0 Å². The monoisotopic (exact) mass is 266 g/mol. The lowest BCUT2D eigenvalue weighted by Gasteiger charge is -2.23. The van der Waals surface area contributed by atoms with Crippen molar-refractivity contribution in [3.63, 3.8) is 0 Å². The molecule has 0 bridgehead atoms. The van der Waals surface area contributed by atoms with Crippen molar-refractivity contribution in [2.45, 2.75) is 45.7 Å². The molecule has 0 aliphatic rings. The smallest absolute Gasteiger partial charge is 0.237 e. The average molecular weight is 266 g/mol. The van der Waals surface area contributed by atoms with E-state index in [2.05, 4.69) is 10.6 Å². The molecule has 1 aromatic rings. The third kappa shape index (κ3) is 6.34. The van der Waals surface area contributed by atoms with Crippen LogP contribution >= 0.6 is 0 Å². The van der Waals surface area contributed by atoms with Gasteiger partial charge in [0.2, 0.25) is 5.91 Å². The lowest BCUT2D eigenvalue weighted by Crippen LogP contribution is -2.49. The van der Waals surface area contributed by atoms with Crippen LogP contribution in [0.4, 0.5) is 4.39 Å². The number of rotatable bonds is 5. The summed E-state index contributed by atoms with van der Waals surface area (Å²) in [7, 11) is 0. The molecule has 2 N–H and O–H groups in total. The number of benzene rings is 1. The molecular formula is C15H23FN2O. The first kappa shape index (κ1) is 15.6. The number of hydrogen-bond donors (Lipinski definition) is 2. The quantitative estimate of drug-likeness (QED) is 0.858. The molecule has 0 radical (unpaired) electrons. The van der Waals surface area contributed by atoms with Crippen molar-refractivity contribution in [3.8, 4) is 0 Å². The Morgan fingerprint density at radius 1 is 1.37 bits per heavy atom. The molecule has 1 atom stereocenters. The molecule has 0 aliphatic heterocycles. The Hall–Kier alpha value is -1.42. The van der Waals surface area contributed by atoms with Gasteiger partial charge in [-0.1, -0.05) is 12.1 Å². The van der Waals surface area contributed by atoms with E-state index in [4.69, 9.17) is 0 Å². The first-order chi connectivity index (χ1) is 8.78. The summed E-state index contributed by atoms with van der Waals surface area (Å²) in [6.45, 7) is 8.31. The van der Waals surface area contributed by atoms with Crippen LogP contribution in [0.25, 0.3) is 0 Å². The van der Waals surface area contributed by atoms with Gasteiger partial charge in [-0.05, 0) is 58.4 Å². The molecule has 0 saturated heterocycles. The molecule has 1 unspecified atom stereocenters. The molecule has 0 spiro atoms. The molecule has 106 valence electrons. The number of hydrogen-bond acceptors (Lipinski definition) is 2. The van der Waals surface area contributed by atoms with Crippen LogP contribution in [0.5, 0.6) is 0 Å². The lowest BCUT2D eigenvalue weighted by atomic mass is 10.1. The summed E-state index contributed by atoms with van der Waals surface area (Å²) < 4.78 is 13.0. The van der Waals surface area contributed by atoms with E-state index in [0.29, 0.717) is 13.0 Å². The summed E-state index contributed by atoms with van der Waals surface area (Å²) in [6.07, 6.45) is 0.699. The molecule has 0 fully saturated rings. The standard InChI is InChI=1S/C15H23FN2O/c1-11(14(19)18-15(2,3)4)17-9-8-12-6-5-7-13(16)10-12/h5-7,10-11,17H,8-9H2,1-4H3,(H,18,19). The highest BCUT2D eigenvalue weighted by Crippen LogP contribution is 2.04. The first-order valence-corrected chi connectivity index (χ1v) is 6.58. The number of nitrogens with one attached hydrogen (secondary N) is 2.